The molecule has 0 aromatic carbocycles. The largest absolute Gasteiger partial charge is 0.481 e. The zero-order valence-electron chi connectivity index (χ0n) is 7.66. The van der Waals surface area contributed by atoms with E-state index in [4.69, 9.17) is 5.11 Å². The molecule has 0 radical (unpaired) electrons. The molecular weight excluding hydrogens is 174 g/mol. The lowest BCUT2D eigenvalue weighted by molar-refractivity contribution is -0.140. The molecular formula is C8H13NO4. The average molecular weight is 187 g/mol. The second-order valence-corrected chi connectivity index (χ2v) is 2.67. The summed E-state index contributed by atoms with van der Waals surface area (Å²) < 4.78 is 0. The zero-order chi connectivity index (χ0) is 10.4. The number of carbonyl (C=O) groups excluding carboxylic acids is 2. The van der Waals surface area contributed by atoms with E-state index in [-0.39, 0.29) is 18.6 Å². The minimum absolute atomic E-state index is 0.220. The van der Waals surface area contributed by atoms with Gasteiger partial charge in [0.25, 0.3) is 0 Å². The van der Waals surface area contributed by atoms with Gasteiger partial charge >= 0.3 is 5.97 Å². The number of nitrogens with one attached hydrogen (secondary N) is 1. The van der Waals surface area contributed by atoms with Gasteiger partial charge in [0.1, 0.15) is 0 Å². The van der Waals surface area contributed by atoms with Crippen molar-refractivity contribution in [2.75, 3.05) is 0 Å². The first-order chi connectivity index (χ1) is 5.97. The van der Waals surface area contributed by atoms with Crippen molar-refractivity contribution in [1.29, 1.82) is 0 Å². The highest BCUT2D eigenvalue weighted by Crippen LogP contribution is 1.97. The topological polar surface area (TPSA) is 83.5 Å². The Morgan fingerprint density at radius 2 is 1.92 bits per heavy atom. The van der Waals surface area contributed by atoms with Crippen LogP contribution in [0.1, 0.15) is 26.7 Å². The summed E-state index contributed by atoms with van der Waals surface area (Å²) in [4.78, 5) is 32.0. The van der Waals surface area contributed by atoms with Crippen LogP contribution >= 0.6 is 0 Å². The lowest BCUT2D eigenvalue weighted by atomic mass is 10.1. The van der Waals surface area contributed by atoms with Gasteiger partial charge in [-0.15, -0.1) is 0 Å². The van der Waals surface area contributed by atoms with Gasteiger partial charge < -0.3 is 10.4 Å². The number of amides is 1. The van der Waals surface area contributed by atoms with Crippen LogP contribution in [-0.4, -0.2) is 28.8 Å². The molecule has 2 N–H and O–H groups in total. The van der Waals surface area contributed by atoms with Gasteiger partial charge in [0.15, 0.2) is 5.78 Å². The third-order valence-corrected chi connectivity index (χ3v) is 1.49. The molecule has 0 saturated heterocycles. The highest BCUT2D eigenvalue weighted by molar-refractivity contribution is 5.91. The van der Waals surface area contributed by atoms with E-state index in [2.05, 4.69) is 5.32 Å². The Morgan fingerprint density at radius 1 is 1.38 bits per heavy atom. The maximum Gasteiger partial charge on any atom is 0.305 e. The predicted octanol–water partition coefficient (Wildman–Crippen LogP) is -0.0551. The first-order valence-corrected chi connectivity index (χ1v) is 3.99. The highest BCUT2D eigenvalue weighted by atomic mass is 16.4. The molecule has 0 aromatic heterocycles. The lowest BCUT2D eigenvalue weighted by Crippen LogP contribution is -2.40. The summed E-state index contributed by atoms with van der Waals surface area (Å²) in [6.45, 7) is 2.87. The van der Waals surface area contributed by atoms with Gasteiger partial charge in [0, 0.05) is 13.3 Å². The van der Waals surface area contributed by atoms with Crippen LogP contribution in [0.4, 0.5) is 0 Å². The quantitative estimate of drug-likeness (QED) is 0.631. The molecule has 5 heteroatoms. The second-order valence-electron chi connectivity index (χ2n) is 2.67. The second kappa shape index (κ2) is 5.29. The number of Topliss-reactive ketones (excluding diaryl/α,β-unsaturated/α-hetero) is 1. The van der Waals surface area contributed by atoms with Gasteiger partial charge in [-0.25, -0.2) is 0 Å². The third kappa shape index (κ3) is 4.95. The van der Waals surface area contributed by atoms with Crippen LogP contribution in [-0.2, 0) is 14.4 Å². The summed E-state index contributed by atoms with van der Waals surface area (Å²) in [5, 5.41) is 10.7. The Hall–Kier alpha value is -1.39. The molecule has 13 heavy (non-hydrogen) atoms. The molecule has 0 spiro atoms. The Morgan fingerprint density at radius 3 is 2.23 bits per heavy atom. The highest BCUT2D eigenvalue weighted by Gasteiger charge is 2.20. The van der Waals surface area contributed by atoms with Gasteiger partial charge in [-0.3, -0.25) is 14.4 Å². The fraction of sp³-hybridized carbons (Fsp3) is 0.625. The minimum atomic E-state index is -1.10. The van der Waals surface area contributed by atoms with E-state index in [0.717, 1.165) is 0 Å². The molecule has 1 amide bonds. The smallest absolute Gasteiger partial charge is 0.305 e. The molecule has 5 nitrogen and oxygen atoms in total. The predicted molar refractivity (Wildman–Crippen MR) is 45.2 cm³/mol. The van der Waals surface area contributed by atoms with Gasteiger partial charge in [-0.1, -0.05) is 6.92 Å². The van der Waals surface area contributed by atoms with E-state index >= 15 is 0 Å². The van der Waals surface area contributed by atoms with Gasteiger partial charge in [0.05, 0.1) is 12.5 Å². The van der Waals surface area contributed by atoms with E-state index in [1.807, 2.05) is 0 Å². The first kappa shape index (κ1) is 11.6. The molecule has 0 saturated carbocycles. The maximum atomic E-state index is 11.1. The van der Waals surface area contributed by atoms with Crippen molar-refractivity contribution in [3.8, 4) is 0 Å². The molecule has 0 aromatic rings. The van der Waals surface area contributed by atoms with Crippen LogP contribution in [0.2, 0.25) is 0 Å². The van der Waals surface area contributed by atoms with E-state index in [0.29, 0.717) is 0 Å². The minimum Gasteiger partial charge on any atom is -0.481 e. The van der Waals surface area contributed by atoms with E-state index < -0.39 is 17.9 Å². The molecule has 1 atom stereocenters. The monoisotopic (exact) mass is 187 g/mol. The normalized spacial score (nSPS) is 11.8. The van der Waals surface area contributed by atoms with Crippen LogP contribution in [0.25, 0.3) is 0 Å². The Kier molecular flexibility index (Phi) is 4.72. The summed E-state index contributed by atoms with van der Waals surface area (Å²) in [5.74, 6) is -1.76. The third-order valence-electron chi connectivity index (χ3n) is 1.49. The van der Waals surface area contributed by atoms with Crippen molar-refractivity contribution in [3.05, 3.63) is 0 Å². The Labute approximate surface area is 76.1 Å². The molecule has 0 aliphatic heterocycles. The number of ketones is 1. The molecule has 0 bridgehead atoms. The molecule has 0 rings (SSSR count). The summed E-state index contributed by atoms with van der Waals surface area (Å²) in [6, 6.07) is -0.889. The molecule has 0 aliphatic carbocycles. The Bertz CT molecular complexity index is 208. The maximum absolute atomic E-state index is 11.1. The van der Waals surface area contributed by atoms with Crippen LogP contribution in [0.15, 0.2) is 0 Å². The molecule has 0 heterocycles. The number of hydrogen-bond acceptors (Lipinski definition) is 3. The summed E-state index contributed by atoms with van der Waals surface area (Å²) >= 11 is 0. The number of carboxylic acid groups (broad SMARTS) is 1. The van der Waals surface area contributed by atoms with Crippen molar-refractivity contribution < 1.29 is 19.5 Å². The molecule has 0 fully saturated rings. The number of carboxylic acids is 1. The van der Waals surface area contributed by atoms with Crippen LogP contribution in [0.5, 0.6) is 0 Å². The molecule has 1 unspecified atom stereocenters. The number of hydrogen-bond donors (Lipinski definition) is 2. The average Bonchev–Trinajstić information content (AvgIpc) is 2.00. The van der Waals surface area contributed by atoms with Crippen molar-refractivity contribution >= 4 is 17.7 Å². The zero-order valence-corrected chi connectivity index (χ0v) is 7.66. The van der Waals surface area contributed by atoms with Crippen molar-refractivity contribution in [2.24, 2.45) is 0 Å². The summed E-state index contributed by atoms with van der Waals surface area (Å²) in [7, 11) is 0. The van der Waals surface area contributed by atoms with Gasteiger partial charge in [0.2, 0.25) is 5.91 Å². The van der Waals surface area contributed by atoms with Crippen LogP contribution in [0.3, 0.4) is 0 Å². The van der Waals surface area contributed by atoms with E-state index in [1.165, 1.54) is 6.92 Å². The number of rotatable bonds is 5. The SMILES string of the molecule is CCC(=O)C(CC(=O)O)NC(C)=O. The van der Waals surface area contributed by atoms with Gasteiger partial charge in [-0.05, 0) is 0 Å². The molecule has 0 aliphatic rings. The van der Waals surface area contributed by atoms with E-state index in [1.54, 1.807) is 6.92 Å². The lowest BCUT2D eigenvalue weighted by Gasteiger charge is -2.12. The standard InChI is InChI=1S/C8H13NO4/c1-3-7(11)6(4-8(12)13)9-5(2)10/h6H,3-4H2,1-2H3,(H,9,10)(H,12,13). The Balaban J connectivity index is 4.26. The van der Waals surface area contributed by atoms with Crippen molar-refractivity contribution in [3.63, 3.8) is 0 Å². The van der Waals surface area contributed by atoms with Crippen LogP contribution < -0.4 is 5.32 Å². The van der Waals surface area contributed by atoms with Gasteiger partial charge in [-0.2, -0.15) is 0 Å². The first-order valence-electron chi connectivity index (χ1n) is 3.99. The summed E-state index contributed by atoms with van der Waals surface area (Å²) in [6.07, 6.45) is -0.134. The molecule has 74 valence electrons. The van der Waals surface area contributed by atoms with Crippen molar-refractivity contribution in [1.82, 2.24) is 5.32 Å². The fourth-order valence-electron chi connectivity index (χ4n) is 0.912. The van der Waals surface area contributed by atoms with Crippen molar-refractivity contribution in [2.45, 2.75) is 32.7 Å². The number of carbonyl (C=O) groups is 3. The number of aliphatic carboxylic acids is 1. The van der Waals surface area contributed by atoms with Crippen LogP contribution in [0, 0.1) is 0 Å². The summed E-state index contributed by atoms with van der Waals surface area (Å²) in [5.41, 5.74) is 0. The van der Waals surface area contributed by atoms with E-state index in [9.17, 15) is 14.4 Å². The fourth-order valence-corrected chi connectivity index (χ4v) is 0.912.